The van der Waals surface area contributed by atoms with Crippen LogP contribution in [-0.2, 0) is 9.53 Å². The maximum Gasteiger partial charge on any atom is 0.319 e. The number of hydrogen-bond donors (Lipinski definition) is 2. The van der Waals surface area contributed by atoms with Crippen molar-refractivity contribution in [1.82, 2.24) is 9.97 Å². The fourth-order valence-corrected chi connectivity index (χ4v) is 2.47. The molecule has 6 nitrogen and oxygen atoms in total. The molecule has 1 unspecified atom stereocenters. The lowest BCUT2D eigenvalue weighted by molar-refractivity contribution is -0.142. The molecule has 0 aliphatic rings. The van der Waals surface area contributed by atoms with Gasteiger partial charge in [0.05, 0.1) is 6.61 Å². The number of H-pyrrole nitrogens is 1. The van der Waals surface area contributed by atoms with Crippen molar-refractivity contribution in [3.63, 3.8) is 0 Å². The molecule has 1 heterocycles. The highest BCUT2D eigenvalue weighted by molar-refractivity contribution is 8.00. The first kappa shape index (κ1) is 14.6. The van der Waals surface area contributed by atoms with Gasteiger partial charge in [-0.25, -0.2) is 4.98 Å². The lowest BCUT2D eigenvalue weighted by Gasteiger charge is -2.13. The van der Waals surface area contributed by atoms with Gasteiger partial charge in [0.25, 0.3) is 5.56 Å². The molecule has 0 fully saturated rings. The molecule has 3 N–H and O–H groups in total. The molecule has 0 aromatic carbocycles. The van der Waals surface area contributed by atoms with Gasteiger partial charge in [0.15, 0.2) is 5.16 Å². The van der Waals surface area contributed by atoms with Crippen LogP contribution < -0.4 is 11.3 Å². The molecule has 1 aromatic heterocycles. The highest BCUT2D eigenvalue weighted by Gasteiger charge is 2.21. The van der Waals surface area contributed by atoms with Crippen molar-refractivity contribution in [3.05, 3.63) is 16.4 Å². The molecule has 0 bridgehead atoms. The van der Waals surface area contributed by atoms with Gasteiger partial charge in [0.2, 0.25) is 0 Å². The Morgan fingerprint density at radius 2 is 2.33 bits per heavy atom. The maximum absolute atomic E-state index is 11.7. The third-order valence-corrected chi connectivity index (χ3v) is 3.22. The third-order valence-electron chi connectivity index (χ3n) is 2.09. The molecular weight excluding hydrogens is 254 g/mol. The minimum Gasteiger partial charge on any atom is -0.465 e. The van der Waals surface area contributed by atoms with Crippen molar-refractivity contribution in [3.8, 4) is 0 Å². The summed E-state index contributed by atoms with van der Waals surface area (Å²) in [5.41, 5.74) is 5.15. The van der Waals surface area contributed by atoms with Crippen LogP contribution in [0.25, 0.3) is 0 Å². The molecule has 0 saturated carbocycles. The summed E-state index contributed by atoms with van der Waals surface area (Å²) in [6.07, 6.45) is 1.49. The zero-order valence-corrected chi connectivity index (χ0v) is 11.3. The van der Waals surface area contributed by atoms with Gasteiger partial charge in [-0.15, -0.1) is 0 Å². The Balaban J connectivity index is 2.82. The number of aromatic amines is 1. The molecule has 0 amide bonds. The van der Waals surface area contributed by atoms with Crippen LogP contribution in [0.5, 0.6) is 0 Å². The summed E-state index contributed by atoms with van der Waals surface area (Å²) in [6, 6.07) is 1.20. The molecule has 1 rings (SSSR count). The van der Waals surface area contributed by atoms with Crippen molar-refractivity contribution in [1.29, 1.82) is 0 Å². The van der Waals surface area contributed by atoms with Crippen LogP contribution in [0, 0.1) is 0 Å². The first-order chi connectivity index (χ1) is 8.56. The number of aromatic nitrogens is 2. The predicted molar refractivity (Wildman–Crippen MR) is 70.5 cm³/mol. The summed E-state index contributed by atoms with van der Waals surface area (Å²) in [6.45, 7) is 4.06. The summed E-state index contributed by atoms with van der Waals surface area (Å²) >= 11 is 1.17. The van der Waals surface area contributed by atoms with Crippen LogP contribution in [0.2, 0.25) is 0 Å². The Bertz CT molecular complexity index is 461. The Labute approximate surface area is 109 Å². The van der Waals surface area contributed by atoms with E-state index in [1.165, 1.54) is 17.8 Å². The highest BCUT2D eigenvalue weighted by atomic mass is 32.2. The summed E-state index contributed by atoms with van der Waals surface area (Å²) in [5.74, 6) is -0.158. The molecule has 0 saturated heterocycles. The number of anilines is 1. The average molecular weight is 271 g/mol. The molecule has 100 valence electrons. The Morgan fingerprint density at radius 3 is 2.89 bits per heavy atom. The molecule has 0 aliphatic carbocycles. The van der Waals surface area contributed by atoms with Crippen molar-refractivity contribution in [2.75, 3.05) is 12.3 Å². The number of hydrogen-bond acceptors (Lipinski definition) is 6. The number of nitrogen functional groups attached to an aromatic ring is 1. The van der Waals surface area contributed by atoms with Gasteiger partial charge < -0.3 is 15.5 Å². The number of rotatable bonds is 6. The smallest absolute Gasteiger partial charge is 0.319 e. The number of nitrogens with two attached hydrogens (primary N) is 1. The zero-order valence-electron chi connectivity index (χ0n) is 10.4. The minimum absolute atomic E-state index is 0.139. The molecular formula is C11H17N3O3S. The summed E-state index contributed by atoms with van der Waals surface area (Å²) in [4.78, 5) is 29.5. The van der Waals surface area contributed by atoms with Crippen LogP contribution in [0.15, 0.2) is 16.0 Å². The maximum atomic E-state index is 11.7. The number of thioether (sulfide) groups is 1. The number of ether oxygens (including phenoxy) is 1. The average Bonchev–Trinajstić information content (AvgIpc) is 2.27. The predicted octanol–water partition coefficient (Wildman–Crippen LogP) is 1.18. The first-order valence-corrected chi connectivity index (χ1v) is 6.64. The number of esters is 1. The van der Waals surface area contributed by atoms with Crippen molar-refractivity contribution in [2.45, 2.75) is 37.1 Å². The van der Waals surface area contributed by atoms with Crippen LogP contribution in [0.4, 0.5) is 5.82 Å². The second-order valence-electron chi connectivity index (χ2n) is 3.62. The summed E-state index contributed by atoms with van der Waals surface area (Å²) in [5, 5.41) is -0.0357. The lowest BCUT2D eigenvalue weighted by atomic mass is 10.2. The van der Waals surface area contributed by atoms with E-state index in [1.54, 1.807) is 6.92 Å². The molecule has 0 aliphatic heterocycles. The number of nitrogens with one attached hydrogen (secondary N) is 1. The fourth-order valence-electron chi connectivity index (χ4n) is 1.37. The highest BCUT2D eigenvalue weighted by Crippen LogP contribution is 2.24. The van der Waals surface area contributed by atoms with Gasteiger partial charge in [-0.05, 0) is 13.3 Å². The van der Waals surface area contributed by atoms with Crippen LogP contribution in [0.1, 0.15) is 26.7 Å². The first-order valence-electron chi connectivity index (χ1n) is 5.77. The van der Waals surface area contributed by atoms with E-state index < -0.39 is 0 Å². The largest absolute Gasteiger partial charge is 0.465 e. The molecule has 1 aromatic rings. The van der Waals surface area contributed by atoms with Crippen LogP contribution in [0.3, 0.4) is 0 Å². The third kappa shape index (κ3) is 4.40. The van der Waals surface area contributed by atoms with E-state index in [9.17, 15) is 9.59 Å². The summed E-state index contributed by atoms with van der Waals surface area (Å²) < 4.78 is 4.98. The Hall–Kier alpha value is -1.50. The van der Waals surface area contributed by atoms with Crippen molar-refractivity contribution < 1.29 is 9.53 Å². The minimum atomic E-state index is -0.375. The number of carbonyl (C=O) groups is 1. The van der Waals surface area contributed by atoms with Gasteiger partial charge in [-0.1, -0.05) is 25.1 Å². The molecule has 0 spiro atoms. The molecule has 0 radical (unpaired) electrons. The Morgan fingerprint density at radius 1 is 1.61 bits per heavy atom. The van der Waals surface area contributed by atoms with E-state index in [0.717, 1.165) is 6.42 Å². The van der Waals surface area contributed by atoms with E-state index in [4.69, 9.17) is 10.5 Å². The molecule has 18 heavy (non-hydrogen) atoms. The second-order valence-corrected chi connectivity index (χ2v) is 4.81. The van der Waals surface area contributed by atoms with Crippen LogP contribution >= 0.6 is 11.8 Å². The van der Waals surface area contributed by atoms with E-state index in [0.29, 0.717) is 18.2 Å². The van der Waals surface area contributed by atoms with Gasteiger partial charge in [0.1, 0.15) is 11.1 Å². The van der Waals surface area contributed by atoms with Gasteiger partial charge >= 0.3 is 5.97 Å². The quantitative estimate of drug-likeness (QED) is 0.458. The Kier molecular flexibility index (Phi) is 5.70. The van der Waals surface area contributed by atoms with Gasteiger partial charge in [-0.3, -0.25) is 9.59 Å². The topological polar surface area (TPSA) is 98.1 Å². The van der Waals surface area contributed by atoms with Crippen molar-refractivity contribution >= 4 is 23.5 Å². The number of nitrogens with zero attached hydrogens (tertiary/aromatic N) is 1. The van der Waals surface area contributed by atoms with Crippen LogP contribution in [-0.4, -0.2) is 27.8 Å². The SMILES string of the molecule is CCCC(Sc1nc(N)cc(=O)[nH]1)C(=O)OCC. The van der Waals surface area contributed by atoms with E-state index in [1.807, 2.05) is 6.92 Å². The normalized spacial score (nSPS) is 12.1. The van der Waals surface area contributed by atoms with E-state index in [2.05, 4.69) is 9.97 Å². The van der Waals surface area contributed by atoms with Gasteiger partial charge in [0, 0.05) is 6.07 Å². The lowest BCUT2D eigenvalue weighted by Crippen LogP contribution is -2.21. The van der Waals surface area contributed by atoms with Gasteiger partial charge in [-0.2, -0.15) is 0 Å². The standard InChI is InChI=1S/C11H17N3O3S/c1-3-5-7(10(16)17-4-2)18-11-13-8(12)6-9(15)14-11/h6-7H,3-5H2,1-2H3,(H3,12,13,14,15). The molecule has 1 atom stereocenters. The van der Waals surface area contributed by atoms with E-state index in [-0.39, 0.29) is 22.6 Å². The molecule has 7 heteroatoms. The zero-order chi connectivity index (χ0) is 13.5. The summed E-state index contributed by atoms with van der Waals surface area (Å²) in [7, 11) is 0. The monoisotopic (exact) mass is 271 g/mol. The van der Waals surface area contributed by atoms with Crippen molar-refractivity contribution in [2.24, 2.45) is 0 Å². The number of carbonyl (C=O) groups excluding carboxylic acids is 1. The fraction of sp³-hybridized carbons (Fsp3) is 0.545. The van der Waals surface area contributed by atoms with E-state index >= 15 is 0 Å². The second kappa shape index (κ2) is 7.05.